The Labute approximate surface area is 199 Å². The van der Waals surface area contributed by atoms with Crippen LogP contribution in [0.25, 0.3) is 0 Å². The van der Waals surface area contributed by atoms with Crippen LogP contribution in [0.15, 0.2) is 35.3 Å². The summed E-state index contributed by atoms with van der Waals surface area (Å²) in [4.78, 5) is 9.55. The molecule has 2 aliphatic rings. The van der Waals surface area contributed by atoms with Crippen LogP contribution in [0, 0.1) is 5.92 Å². The molecular weight excluding hydrogens is 489 g/mol. The summed E-state index contributed by atoms with van der Waals surface area (Å²) in [6, 6.07) is 11.8. The van der Waals surface area contributed by atoms with E-state index in [1.807, 2.05) is 7.05 Å². The molecule has 1 aromatic rings. The number of methoxy groups -OCH3 is 1. The molecule has 0 aromatic heterocycles. The molecule has 7 heteroatoms. The first-order valence-corrected chi connectivity index (χ1v) is 11.1. The normalized spacial score (nSPS) is 23.9. The standard InChI is InChI=1S/C23H39N5O.HI/c1-19-15-22(18-28(19)17-21-7-5-4-6-8-21)26-23(24-2)25-16-20-9-11-27(12-10-20)13-14-29-3;/h4-8,19-20,22H,9-18H2,1-3H3,(H2,24,25,26);1H. The predicted molar refractivity (Wildman–Crippen MR) is 136 cm³/mol. The molecule has 0 aliphatic carbocycles. The molecule has 2 heterocycles. The number of piperidine rings is 1. The Morgan fingerprint density at radius 1 is 1.20 bits per heavy atom. The fourth-order valence-corrected chi connectivity index (χ4v) is 4.50. The second kappa shape index (κ2) is 13.5. The fourth-order valence-electron chi connectivity index (χ4n) is 4.50. The van der Waals surface area contributed by atoms with E-state index in [4.69, 9.17) is 4.74 Å². The SMILES string of the molecule is CN=C(NCC1CCN(CCOC)CC1)NC1CC(C)N(Cc2ccccc2)C1.I. The third-order valence-corrected chi connectivity index (χ3v) is 6.37. The lowest BCUT2D eigenvalue weighted by atomic mass is 9.97. The van der Waals surface area contributed by atoms with Crippen molar-refractivity contribution in [1.29, 1.82) is 0 Å². The van der Waals surface area contributed by atoms with Gasteiger partial charge in [-0.3, -0.25) is 9.89 Å². The van der Waals surface area contributed by atoms with Gasteiger partial charge in [0, 0.05) is 52.4 Å². The van der Waals surface area contributed by atoms with Crippen molar-refractivity contribution in [2.75, 3.05) is 53.5 Å². The topological polar surface area (TPSA) is 52.1 Å². The number of benzene rings is 1. The summed E-state index contributed by atoms with van der Waals surface area (Å²) >= 11 is 0. The average molecular weight is 530 g/mol. The van der Waals surface area contributed by atoms with Crippen molar-refractivity contribution >= 4 is 29.9 Å². The zero-order chi connectivity index (χ0) is 20.5. The van der Waals surface area contributed by atoms with Crippen molar-refractivity contribution in [2.45, 2.75) is 44.8 Å². The molecule has 1 aromatic carbocycles. The number of hydrogen-bond acceptors (Lipinski definition) is 4. The van der Waals surface area contributed by atoms with Gasteiger partial charge in [0.25, 0.3) is 0 Å². The molecular formula is C23H40IN5O. The van der Waals surface area contributed by atoms with E-state index in [9.17, 15) is 0 Å². The van der Waals surface area contributed by atoms with Gasteiger partial charge in [0.2, 0.25) is 0 Å². The second-order valence-electron chi connectivity index (χ2n) is 8.57. The molecule has 170 valence electrons. The van der Waals surface area contributed by atoms with Gasteiger partial charge in [-0.1, -0.05) is 30.3 Å². The molecule has 2 unspecified atom stereocenters. The van der Waals surface area contributed by atoms with Gasteiger partial charge in [0.15, 0.2) is 5.96 Å². The van der Waals surface area contributed by atoms with Crippen LogP contribution < -0.4 is 10.6 Å². The minimum atomic E-state index is 0. The molecule has 2 fully saturated rings. The Morgan fingerprint density at radius 3 is 2.60 bits per heavy atom. The minimum absolute atomic E-state index is 0. The third kappa shape index (κ3) is 7.98. The number of aliphatic imine (C=N–C) groups is 1. The Bertz CT molecular complexity index is 621. The van der Waals surface area contributed by atoms with E-state index in [1.54, 1.807) is 7.11 Å². The maximum absolute atomic E-state index is 5.19. The lowest BCUT2D eigenvalue weighted by Crippen LogP contribution is -2.47. The van der Waals surface area contributed by atoms with Gasteiger partial charge in [-0.05, 0) is 50.8 Å². The molecule has 0 amide bonds. The van der Waals surface area contributed by atoms with Gasteiger partial charge >= 0.3 is 0 Å². The van der Waals surface area contributed by atoms with Crippen molar-refractivity contribution in [3.05, 3.63) is 35.9 Å². The molecule has 2 aliphatic heterocycles. The molecule has 0 radical (unpaired) electrons. The average Bonchev–Trinajstić information content (AvgIpc) is 3.09. The maximum atomic E-state index is 5.19. The monoisotopic (exact) mass is 529 g/mol. The summed E-state index contributed by atoms with van der Waals surface area (Å²) in [5, 5.41) is 7.24. The summed E-state index contributed by atoms with van der Waals surface area (Å²) < 4.78 is 5.19. The maximum Gasteiger partial charge on any atom is 0.191 e. The smallest absolute Gasteiger partial charge is 0.191 e. The van der Waals surface area contributed by atoms with Crippen LogP contribution in [0.2, 0.25) is 0 Å². The van der Waals surface area contributed by atoms with Crippen LogP contribution in [0.4, 0.5) is 0 Å². The van der Waals surface area contributed by atoms with E-state index in [2.05, 4.69) is 62.7 Å². The summed E-state index contributed by atoms with van der Waals surface area (Å²) in [6.45, 7) is 9.67. The number of guanidine groups is 1. The van der Waals surface area contributed by atoms with E-state index >= 15 is 0 Å². The first kappa shape index (κ1) is 25.4. The summed E-state index contributed by atoms with van der Waals surface area (Å²) in [6.07, 6.45) is 3.66. The van der Waals surface area contributed by atoms with Gasteiger partial charge in [-0.15, -0.1) is 24.0 Å². The van der Waals surface area contributed by atoms with E-state index in [-0.39, 0.29) is 24.0 Å². The molecule has 2 saturated heterocycles. The Hall–Kier alpha value is -0.900. The highest BCUT2D eigenvalue weighted by molar-refractivity contribution is 14.0. The molecule has 6 nitrogen and oxygen atoms in total. The predicted octanol–water partition coefficient (Wildman–Crippen LogP) is 2.79. The molecule has 0 bridgehead atoms. The van der Waals surface area contributed by atoms with E-state index in [0.717, 1.165) is 51.1 Å². The summed E-state index contributed by atoms with van der Waals surface area (Å²) in [5.74, 6) is 1.68. The highest BCUT2D eigenvalue weighted by Gasteiger charge is 2.29. The van der Waals surface area contributed by atoms with E-state index < -0.39 is 0 Å². The highest BCUT2D eigenvalue weighted by atomic mass is 127. The number of nitrogens with one attached hydrogen (secondary N) is 2. The van der Waals surface area contributed by atoms with Gasteiger partial charge in [0.05, 0.1) is 6.61 Å². The molecule has 0 spiro atoms. The number of rotatable bonds is 8. The van der Waals surface area contributed by atoms with Crippen LogP contribution in [-0.4, -0.2) is 81.3 Å². The lowest BCUT2D eigenvalue weighted by molar-refractivity contribution is 0.121. The highest BCUT2D eigenvalue weighted by Crippen LogP contribution is 2.20. The minimum Gasteiger partial charge on any atom is -0.383 e. The Balaban J connectivity index is 0.00000320. The van der Waals surface area contributed by atoms with Crippen LogP contribution in [0.5, 0.6) is 0 Å². The summed E-state index contributed by atoms with van der Waals surface area (Å²) in [5.41, 5.74) is 1.39. The summed E-state index contributed by atoms with van der Waals surface area (Å²) in [7, 11) is 3.66. The van der Waals surface area contributed by atoms with Crippen molar-refractivity contribution in [2.24, 2.45) is 10.9 Å². The van der Waals surface area contributed by atoms with Crippen molar-refractivity contribution in [1.82, 2.24) is 20.4 Å². The largest absolute Gasteiger partial charge is 0.383 e. The van der Waals surface area contributed by atoms with Gasteiger partial charge in [-0.2, -0.15) is 0 Å². The van der Waals surface area contributed by atoms with Crippen LogP contribution in [0.1, 0.15) is 31.7 Å². The molecule has 0 saturated carbocycles. The molecule has 2 N–H and O–H groups in total. The van der Waals surface area contributed by atoms with Crippen molar-refractivity contribution in [3.8, 4) is 0 Å². The van der Waals surface area contributed by atoms with Crippen LogP contribution in [0.3, 0.4) is 0 Å². The van der Waals surface area contributed by atoms with Crippen molar-refractivity contribution in [3.63, 3.8) is 0 Å². The molecule has 3 rings (SSSR count). The number of ether oxygens (including phenoxy) is 1. The first-order chi connectivity index (χ1) is 14.2. The number of nitrogens with zero attached hydrogens (tertiary/aromatic N) is 3. The molecule has 30 heavy (non-hydrogen) atoms. The number of likely N-dealkylation sites (tertiary alicyclic amines) is 2. The third-order valence-electron chi connectivity index (χ3n) is 6.37. The second-order valence-corrected chi connectivity index (χ2v) is 8.57. The molecule has 2 atom stereocenters. The van der Waals surface area contributed by atoms with Crippen LogP contribution in [-0.2, 0) is 11.3 Å². The zero-order valence-corrected chi connectivity index (χ0v) is 21.2. The quantitative estimate of drug-likeness (QED) is 0.308. The fraction of sp³-hybridized carbons (Fsp3) is 0.696. The van der Waals surface area contributed by atoms with E-state index in [1.165, 1.54) is 31.5 Å². The lowest BCUT2D eigenvalue weighted by Gasteiger charge is -2.32. The van der Waals surface area contributed by atoms with Gasteiger partial charge < -0.3 is 20.3 Å². The van der Waals surface area contributed by atoms with Gasteiger partial charge in [0.1, 0.15) is 0 Å². The number of hydrogen-bond donors (Lipinski definition) is 2. The first-order valence-electron chi connectivity index (χ1n) is 11.1. The van der Waals surface area contributed by atoms with Gasteiger partial charge in [-0.25, -0.2) is 0 Å². The van der Waals surface area contributed by atoms with Crippen LogP contribution >= 0.6 is 24.0 Å². The van der Waals surface area contributed by atoms with E-state index in [0.29, 0.717) is 12.1 Å². The Morgan fingerprint density at radius 2 is 1.93 bits per heavy atom. The van der Waals surface area contributed by atoms with Crippen molar-refractivity contribution < 1.29 is 4.74 Å². The Kier molecular flexibility index (Phi) is 11.4. The zero-order valence-electron chi connectivity index (χ0n) is 18.8. The number of halogens is 1.